The Morgan fingerprint density at radius 1 is 1.10 bits per heavy atom. The Morgan fingerprint density at radius 3 is 2.40 bits per heavy atom. The largest absolute Gasteiger partial charge is 0.423 e. The average molecular weight is 432 g/mol. The van der Waals surface area contributed by atoms with Gasteiger partial charge >= 0.3 is 5.63 Å². The van der Waals surface area contributed by atoms with Crippen LogP contribution in [0.4, 0.5) is 5.69 Å². The molecule has 2 N–H and O–H groups in total. The van der Waals surface area contributed by atoms with E-state index in [-0.39, 0.29) is 11.7 Å². The molecule has 0 spiro atoms. The van der Waals surface area contributed by atoms with Gasteiger partial charge in [-0.2, -0.15) is 0 Å². The summed E-state index contributed by atoms with van der Waals surface area (Å²) in [5.74, 6) is 0. The molecule has 6 heteroatoms. The fourth-order valence-corrected chi connectivity index (χ4v) is 4.01. The van der Waals surface area contributed by atoms with Crippen LogP contribution in [0.3, 0.4) is 0 Å². The second kappa shape index (κ2) is 12.7. The number of fused-ring (bicyclic) bond motifs is 1. The maximum atomic E-state index is 11.6. The van der Waals surface area contributed by atoms with Gasteiger partial charge in [-0.1, -0.05) is 39.5 Å². The lowest BCUT2D eigenvalue weighted by Gasteiger charge is -2.27. The van der Waals surface area contributed by atoms with Gasteiger partial charge in [0.25, 0.3) is 0 Å². The average Bonchev–Trinajstić information content (AvgIpc) is 2.67. The molecule has 0 saturated heterocycles. The van der Waals surface area contributed by atoms with Crippen molar-refractivity contribution in [3.05, 3.63) is 40.2 Å². The number of hydrogen-bond acceptors (Lipinski definition) is 4. The minimum absolute atomic E-state index is 0.244. The van der Waals surface area contributed by atoms with Crippen LogP contribution in [0.2, 0.25) is 0 Å². The third kappa shape index (κ3) is 8.07. The van der Waals surface area contributed by atoms with Crippen molar-refractivity contribution in [3.63, 3.8) is 0 Å². The lowest BCUT2D eigenvalue weighted by Crippen LogP contribution is -2.44. The normalized spacial score (nSPS) is 12.3. The van der Waals surface area contributed by atoms with Crippen LogP contribution >= 0.6 is 12.2 Å². The number of benzene rings is 1. The molecular formula is C24H37N3O2S. The zero-order valence-corrected chi connectivity index (χ0v) is 19.7. The van der Waals surface area contributed by atoms with Gasteiger partial charge in [0, 0.05) is 35.8 Å². The Kier molecular flexibility index (Phi) is 10.3. The summed E-state index contributed by atoms with van der Waals surface area (Å²) < 4.78 is 5.33. The van der Waals surface area contributed by atoms with Crippen molar-refractivity contribution in [2.24, 2.45) is 0 Å². The minimum Gasteiger partial charge on any atom is -0.423 e. The highest BCUT2D eigenvalue weighted by Crippen LogP contribution is 2.20. The molecule has 0 saturated carbocycles. The first-order valence-electron chi connectivity index (χ1n) is 11.3. The molecule has 1 atom stereocenters. The van der Waals surface area contributed by atoms with E-state index in [0.29, 0.717) is 10.7 Å². The lowest BCUT2D eigenvalue weighted by atomic mass is 10.1. The molecule has 0 bridgehead atoms. The fraction of sp³-hybridized carbons (Fsp3) is 0.583. The molecule has 0 amide bonds. The molecule has 0 radical (unpaired) electrons. The second-order valence-corrected chi connectivity index (χ2v) is 8.58. The molecule has 5 nitrogen and oxygen atoms in total. The van der Waals surface area contributed by atoms with Crippen molar-refractivity contribution in [2.75, 3.05) is 25.0 Å². The number of hydrogen-bond donors (Lipinski definition) is 2. The van der Waals surface area contributed by atoms with E-state index in [2.05, 4.69) is 36.3 Å². The molecule has 1 aromatic heterocycles. The summed E-state index contributed by atoms with van der Waals surface area (Å²) in [5.41, 5.74) is 1.95. The van der Waals surface area contributed by atoms with E-state index in [1.807, 2.05) is 25.1 Å². The van der Waals surface area contributed by atoms with Gasteiger partial charge in [0.1, 0.15) is 5.58 Å². The predicted molar refractivity (Wildman–Crippen MR) is 132 cm³/mol. The molecular weight excluding hydrogens is 394 g/mol. The van der Waals surface area contributed by atoms with Crippen LogP contribution in [0.1, 0.15) is 64.9 Å². The third-order valence-electron chi connectivity index (χ3n) is 5.27. The summed E-state index contributed by atoms with van der Waals surface area (Å²) in [6, 6.07) is 7.48. The Balaban J connectivity index is 1.91. The van der Waals surface area contributed by atoms with Crippen molar-refractivity contribution in [1.82, 2.24) is 10.2 Å². The van der Waals surface area contributed by atoms with Crippen molar-refractivity contribution in [3.8, 4) is 0 Å². The number of thiocarbonyl (C=S) groups is 1. The van der Waals surface area contributed by atoms with Crippen LogP contribution in [-0.2, 0) is 0 Å². The van der Waals surface area contributed by atoms with Crippen LogP contribution in [0.15, 0.2) is 33.5 Å². The molecule has 1 heterocycles. The molecule has 30 heavy (non-hydrogen) atoms. The number of anilines is 1. The Bertz CT molecular complexity index is 855. The van der Waals surface area contributed by atoms with Gasteiger partial charge < -0.3 is 20.0 Å². The first-order valence-corrected chi connectivity index (χ1v) is 11.7. The van der Waals surface area contributed by atoms with Gasteiger partial charge in [-0.25, -0.2) is 4.79 Å². The van der Waals surface area contributed by atoms with E-state index < -0.39 is 0 Å². The molecule has 0 aliphatic rings. The van der Waals surface area contributed by atoms with Crippen molar-refractivity contribution in [2.45, 2.75) is 72.3 Å². The quantitative estimate of drug-likeness (QED) is 0.264. The lowest BCUT2D eigenvalue weighted by molar-refractivity contribution is 0.245. The first-order chi connectivity index (χ1) is 14.4. The number of rotatable bonds is 12. The van der Waals surface area contributed by atoms with Gasteiger partial charge in [-0.3, -0.25) is 0 Å². The first kappa shape index (κ1) is 24.4. The summed E-state index contributed by atoms with van der Waals surface area (Å²) in [6.07, 6.45) is 7.55. The zero-order chi connectivity index (χ0) is 21.9. The van der Waals surface area contributed by atoms with E-state index in [1.54, 1.807) is 0 Å². The van der Waals surface area contributed by atoms with Gasteiger partial charge in [0.2, 0.25) is 0 Å². The maximum absolute atomic E-state index is 11.6. The molecule has 166 valence electrons. The minimum atomic E-state index is -0.335. The summed E-state index contributed by atoms with van der Waals surface area (Å²) in [7, 11) is 0. The van der Waals surface area contributed by atoms with Crippen molar-refractivity contribution in [1.29, 1.82) is 0 Å². The van der Waals surface area contributed by atoms with Gasteiger partial charge in [0.15, 0.2) is 5.11 Å². The Hall–Kier alpha value is -1.92. The molecule has 0 unspecified atom stereocenters. The third-order valence-corrected chi connectivity index (χ3v) is 5.49. The van der Waals surface area contributed by atoms with Crippen LogP contribution in [0.5, 0.6) is 0 Å². The van der Waals surface area contributed by atoms with E-state index in [1.165, 1.54) is 44.6 Å². The Morgan fingerprint density at radius 2 is 1.77 bits per heavy atom. The van der Waals surface area contributed by atoms with Crippen molar-refractivity contribution < 1.29 is 4.42 Å². The van der Waals surface area contributed by atoms with Crippen LogP contribution in [-0.4, -0.2) is 35.7 Å². The van der Waals surface area contributed by atoms with E-state index in [0.717, 1.165) is 36.3 Å². The van der Waals surface area contributed by atoms with Gasteiger partial charge in [0.05, 0.1) is 0 Å². The summed E-state index contributed by atoms with van der Waals surface area (Å²) in [4.78, 5) is 14.2. The summed E-state index contributed by atoms with van der Waals surface area (Å²) >= 11 is 5.52. The van der Waals surface area contributed by atoms with Gasteiger partial charge in [-0.15, -0.1) is 0 Å². The highest BCUT2D eigenvalue weighted by molar-refractivity contribution is 7.80. The van der Waals surface area contributed by atoms with Crippen LogP contribution in [0.25, 0.3) is 11.0 Å². The molecule has 0 fully saturated rings. The second-order valence-electron chi connectivity index (χ2n) is 8.17. The molecule has 0 aliphatic carbocycles. The van der Waals surface area contributed by atoms with Gasteiger partial charge in [-0.05, 0) is 69.7 Å². The molecule has 0 aliphatic heterocycles. The molecule has 2 aromatic rings. The Labute approximate surface area is 186 Å². The highest BCUT2D eigenvalue weighted by atomic mass is 32.1. The smallest absolute Gasteiger partial charge is 0.336 e. The van der Waals surface area contributed by atoms with E-state index in [4.69, 9.17) is 16.6 Å². The van der Waals surface area contributed by atoms with Crippen molar-refractivity contribution >= 4 is 34.0 Å². The highest BCUT2D eigenvalue weighted by Gasteiger charge is 2.12. The maximum Gasteiger partial charge on any atom is 0.336 e. The zero-order valence-electron chi connectivity index (χ0n) is 18.9. The molecule has 2 rings (SSSR count). The number of nitrogens with zero attached hydrogens (tertiary/aromatic N) is 1. The van der Waals surface area contributed by atoms with E-state index in [9.17, 15) is 4.79 Å². The van der Waals surface area contributed by atoms with E-state index >= 15 is 0 Å². The number of nitrogens with one attached hydrogen (secondary N) is 2. The number of aryl methyl sites for hydroxylation is 1. The standard InChI is InChI=1S/C24H37N3O2S/c1-5-7-9-13-27(14-10-8-6-2)17-19(4)25-24(30)26-20-11-12-21-18(3)15-23(28)29-22(21)16-20/h11-12,15-16,19H,5-10,13-14,17H2,1-4H3,(H2,25,26,30)/t19-/m0/s1. The predicted octanol–water partition coefficient (Wildman–Crippen LogP) is 5.46. The number of unbranched alkanes of at least 4 members (excludes halogenated alkanes) is 4. The SMILES string of the molecule is CCCCCN(CCCCC)C[C@H](C)NC(=S)Nc1ccc2c(C)cc(=O)oc2c1. The monoisotopic (exact) mass is 431 g/mol. The summed E-state index contributed by atoms with van der Waals surface area (Å²) in [6.45, 7) is 11.8. The summed E-state index contributed by atoms with van der Waals surface area (Å²) in [5, 5.41) is 8.13. The topological polar surface area (TPSA) is 57.5 Å². The molecule has 1 aromatic carbocycles. The fourth-order valence-electron chi connectivity index (χ4n) is 3.69. The van der Waals surface area contributed by atoms with Crippen LogP contribution < -0.4 is 16.3 Å². The van der Waals surface area contributed by atoms with Crippen LogP contribution in [0, 0.1) is 6.92 Å².